The Labute approximate surface area is 98.2 Å². The van der Waals surface area contributed by atoms with Gasteiger partial charge in [0.05, 0.1) is 0 Å². The van der Waals surface area contributed by atoms with Crippen LogP contribution in [0.25, 0.3) is 0 Å². The third-order valence-corrected chi connectivity index (χ3v) is 3.73. The number of carbonyl (C=O) groups excluding carboxylic acids is 1. The molecule has 2 unspecified atom stereocenters. The van der Waals surface area contributed by atoms with Gasteiger partial charge in [-0.25, -0.2) is 0 Å². The van der Waals surface area contributed by atoms with Crippen molar-refractivity contribution in [1.29, 1.82) is 0 Å². The van der Waals surface area contributed by atoms with Crippen LogP contribution in [0.5, 0.6) is 0 Å². The van der Waals surface area contributed by atoms with Crippen LogP contribution < -0.4 is 0 Å². The molecule has 0 heterocycles. The molecule has 1 fully saturated rings. The average Bonchev–Trinajstić information content (AvgIpc) is 2.08. The first-order valence-corrected chi connectivity index (χ1v) is 5.99. The summed E-state index contributed by atoms with van der Waals surface area (Å²) >= 11 is 0. The highest BCUT2D eigenvalue weighted by Crippen LogP contribution is 2.52. The lowest BCUT2D eigenvalue weighted by Crippen LogP contribution is -2.47. The normalized spacial score (nSPS) is 28.4. The molecule has 2 atom stereocenters. The predicted molar refractivity (Wildman–Crippen MR) is 62.9 cm³/mol. The molecule has 0 saturated heterocycles. The minimum atomic E-state index is -0.401. The van der Waals surface area contributed by atoms with E-state index >= 15 is 0 Å². The average molecular weight is 228 g/mol. The molecule has 0 radical (unpaired) electrons. The van der Waals surface area contributed by atoms with E-state index < -0.39 is 5.60 Å². The first-order chi connectivity index (χ1) is 7.16. The van der Waals surface area contributed by atoms with Crippen molar-refractivity contribution in [3.63, 3.8) is 0 Å². The highest BCUT2D eigenvalue weighted by Gasteiger charge is 2.48. The van der Waals surface area contributed by atoms with E-state index in [4.69, 9.17) is 9.84 Å². The van der Waals surface area contributed by atoms with Gasteiger partial charge in [-0.15, -0.1) is 0 Å². The minimum Gasteiger partial charge on any atom is -0.460 e. The van der Waals surface area contributed by atoms with Crippen molar-refractivity contribution >= 4 is 5.97 Å². The lowest BCUT2D eigenvalue weighted by atomic mass is 9.54. The van der Waals surface area contributed by atoms with Crippen LogP contribution >= 0.6 is 0 Å². The molecule has 1 saturated carbocycles. The number of aliphatic hydroxyl groups excluding tert-OH is 1. The van der Waals surface area contributed by atoms with E-state index in [-0.39, 0.29) is 18.0 Å². The van der Waals surface area contributed by atoms with Crippen molar-refractivity contribution in [2.75, 3.05) is 6.61 Å². The Balaban J connectivity index is 2.43. The molecule has 1 aliphatic carbocycles. The molecule has 0 aromatic carbocycles. The van der Waals surface area contributed by atoms with Crippen molar-refractivity contribution in [2.24, 2.45) is 17.3 Å². The summed E-state index contributed by atoms with van der Waals surface area (Å²) in [6, 6.07) is 0. The van der Waals surface area contributed by atoms with Crippen LogP contribution in [0.2, 0.25) is 0 Å². The summed E-state index contributed by atoms with van der Waals surface area (Å²) in [7, 11) is 0. The monoisotopic (exact) mass is 228 g/mol. The van der Waals surface area contributed by atoms with Gasteiger partial charge in [0.15, 0.2) is 0 Å². The van der Waals surface area contributed by atoms with Gasteiger partial charge < -0.3 is 9.84 Å². The Bertz CT molecular complexity index is 263. The van der Waals surface area contributed by atoms with E-state index in [1.165, 1.54) is 0 Å². The van der Waals surface area contributed by atoms with Crippen LogP contribution in [0.3, 0.4) is 0 Å². The van der Waals surface area contributed by atoms with Crippen molar-refractivity contribution in [2.45, 2.75) is 53.1 Å². The second-order valence-corrected chi connectivity index (χ2v) is 6.42. The molecule has 1 aliphatic rings. The lowest BCUT2D eigenvalue weighted by Gasteiger charge is -2.51. The zero-order valence-electron chi connectivity index (χ0n) is 11.0. The van der Waals surface area contributed by atoms with Gasteiger partial charge in [0.1, 0.15) is 5.60 Å². The zero-order valence-corrected chi connectivity index (χ0v) is 11.0. The molecule has 94 valence electrons. The summed E-state index contributed by atoms with van der Waals surface area (Å²) in [5, 5.41) is 9.14. The number of esters is 1. The molecule has 1 rings (SSSR count). The summed E-state index contributed by atoms with van der Waals surface area (Å²) < 4.78 is 5.30. The van der Waals surface area contributed by atoms with Gasteiger partial charge in [0.2, 0.25) is 0 Å². The van der Waals surface area contributed by atoms with Crippen LogP contribution in [0.15, 0.2) is 0 Å². The molecule has 3 heteroatoms. The number of hydrogen-bond donors (Lipinski definition) is 1. The topological polar surface area (TPSA) is 46.5 Å². The number of hydrogen-bond acceptors (Lipinski definition) is 3. The Kier molecular flexibility index (Phi) is 3.68. The Morgan fingerprint density at radius 2 is 1.94 bits per heavy atom. The maximum atomic E-state index is 11.7. The Hall–Kier alpha value is -0.570. The van der Waals surface area contributed by atoms with Crippen molar-refractivity contribution in [3.8, 4) is 0 Å². The zero-order chi connectivity index (χ0) is 12.6. The fourth-order valence-corrected chi connectivity index (χ4v) is 2.36. The molecule has 16 heavy (non-hydrogen) atoms. The molecular weight excluding hydrogens is 204 g/mol. The molecule has 0 bridgehead atoms. The van der Waals surface area contributed by atoms with Gasteiger partial charge in [-0.2, -0.15) is 0 Å². The van der Waals surface area contributed by atoms with E-state index in [2.05, 4.69) is 13.8 Å². The quantitative estimate of drug-likeness (QED) is 0.754. The van der Waals surface area contributed by atoms with E-state index in [0.717, 1.165) is 6.42 Å². The molecule has 0 spiro atoms. The Morgan fingerprint density at radius 3 is 2.31 bits per heavy atom. The summed E-state index contributed by atoms with van der Waals surface area (Å²) in [4.78, 5) is 11.7. The molecular formula is C13H24O3. The van der Waals surface area contributed by atoms with Crippen molar-refractivity contribution < 1.29 is 14.6 Å². The maximum Gasteiger partial charge on any atom is 0.306 e. The second-order valence-electron chi connectivity index (χ2n) is 6.42. The standard InChI is InChI=1S/C13H24O3/c1-12(2,3)16-11(15)7-9-6-10(8-14)13(9,4)5/h9-10,14H,6-8H2,1-5H3. The number of aliphatic hydroxyl groups is 1. The van der Waals surface area contributed by atoms with Crippen molar-refractivity contribution in [3.05, 3.63) is 0 Å². The lowest BCUT2D eigenvalue weighted by molar-refractivity contribution is -0.161. The first kappa shape index (κ1) is 13.5. The van der Waals surface area contributed by atoms with Gasteiger partial charge in [-0.1, -0.05) is 13.8 Å². The van der Waals surface area contributed by atoms with Gasteiger partial charge in [0, 0.05) is 13.0 Å². The highest BCUT2D eigenvalue weighted by atomic mass is 16.6. The molecule has 3 nitrogen and oxygen atoms in total. The fraction of sp³-hybridized carbons (Fsp3) is 0.923. The Morgan fingerprint density at radius 1 is 1.38 bits per heavy atom. The van der Waals surface area contributed by atoms with E-state index in [0.29, 0.717) is 18.3 Å². The van der Waals surface area contributed by atoms with Crippen LogP contribution in [0.1, 0.15) is 47.5 Å². The molecule has 0 aromatic rings. The second kappa shape index (κ2) is 4.36. The van der Waals surface area contributed by atoms with Crippen LogP contribution in [-0.4, -0.2) is 23.3 Å². The molecule has 1 N–H and O–H groups in total. The minimum absolute atomic E-state index is 0.0612. The third-order valence-electron chi connectivity index (χ3n) is 3.73. The third kappa shape index (κ3) is 2.97. The van der Waals surface area contributed by atoms with Gasteiger partial charge in [-0.3, -0.25) is 4.79 Å². The number of carbonyl (C=O) groups is 1. The number of ether oxygens (including phenoxy) is 1. The smallest absolute Gasteiger partial charge is 0.306 e. The summed E-state index contributed by atoms with van der Waals surface area (Å²) in [5.41, 5.74) is -0.340. The van der Waals surface area contributed by atoms with Crippen LogP contribution in [0.4, 0.5) is 0 Å². The largest absolute Gasteiger partial charge is 0.460 e. The predicted octanol–water partition coefficient (Wildman–Crippen LogP) is 2.37. The van der Waals surface area contributed by atoms with Gasteiger partial charge >= 0.3 is 5.97 Å². The number of rotatable bonds is 3. The van der Waals surface area contributed by atoms with Gasteiger partial charge in [-0.05, 0) is 44.4 Å². The highest BCUT2D eigenvalue weighted by molar-refractivity contribution is 5.70. The first-order valence-electron chi connectivity index (χ1n) is 5.99. The van der Waals surface area contributed by atoms with Gasteiger partial charge in [0.25, 0.3) is 0 Å². The maximum absolute atomic E-state index is 11.7. The van der Waals surface area contributed by atoms with E-state index in [9.17, 15) is 4.79 Å². The van der Waals surface area contributed by atoms with Crippen LogP contribution in [-0.2, 0) is 9.53 Å². The fourth-order valence-electron chi connectivity index (χ4n) is 2.36. The molecule has 0 aromatic heterocycles. The van der Waals surface area contributed by atoms with Crippen molar-refractivity contribution in [1.82, 2.24) is 0 Å². The van der Waals surface area contributed by atoms with E-state index in [1.54, 1.807) is 0 Å². The summed E-state index contributed by atoms with van der Waals surface area (Å²) in [6.07, 6.45) is 1.41. The SMILES string of the molecule is CC(C)(C)OC(=O)CC1CC(CO)C1(C)C. The summed E-state index contributed by atoms with van der Waals surface area (Å²) in [6.45, 7) is 10.1. The van der Waals surface area contributed by atoms with Crippen LogP contribution in [0, 0.1) is 17.3 Å². The summed E-state index contributed by atoms with van der Waals surface area (Å²) in [5.74, 6) is 0.557. The molecule has 0 amide bonds. The van der Waals surface area contributed by atoms with E-state index in [1.807, 2.05) is 20.8 Å². The molecule has 0 aliphatic heterocycles.